The maximum atomic E-state index is 13.4. The second-order valence-electron chi connectivity index (χ2n) is 8.28. The number of carbonyl (C=O) groups is 1. The third-order valence-corrected chi connectivity index (χ3v) is 7.58. The van der Waals surface area contributed by atoms with Crippen molar-refractivity contribution in [2.75, 3.05) is 43.7 Å². The van der Waals surface area contributed by atoms with Gasteiger partial charge in [0.1, 0.15) is 0 Å². The standard InChI is InChI=1S/C24H33N3O4S/c1-19-4-8-22(9-5-19)27(32(29,30)23-10-6-20(2)7-11-23)13-12-24(28)25-18-21(3)26-14-16-31-17-15-26/h4-11,21H,12-18H2,1-3H3,(H,25,28). The van der Waals surface area contributed by atoms with Crippen molar-refractivity contribution < 1.29 is 17.9 Å². The number of sulfonamides is 1. The Hall–Kier alpha value is -2.42. The molecule has 32 heavy (non-hydrogen) atoms. The Labute approximate surface area is 191 Å². The lowest BCUT2D eigenvalue weighted by Crippen LogP contribution is -2.47. The summed E-state index contributed by atoms with van der Waals surface area (Å²) in [5, 5.41) is 2.95. The number of morpholine rings is 1. The maximum Gasteiger partial charge on any atom is 0.264 e. The van der Waals surface area contributed by atoms with Crippen molar-refractivity contribution >= 4 is 21.6 Å². The van der Waals surface area contributed by atoms with E-state index >= 15 is 0 Å². The number of hydrogen-bond acceptors (Lipinski definition) is 5. The van der Waals surface area contributed by atoms with Crippen LogP contribution in [0.15, 0.2) is 53.4 Å². The van der Waals surface area contributed by atoms with E-state index in [0.29, 0.717) is 25.4 Å². The minimum absolute atomic E-state index is 0.0665. The molecule has 0 bridgehead atoms. The normalized spacial score (nSPS) is 15.8. The van der Waals surface area contributed by atoms with Crippen LogP contribution in [-0.2, 0) is 19.6 Å². The molecule has 7 nitrogen and oxygen atoms in total. The van der Waals surface area contributed by atoms with Crippen molar-refractivity contribution in [3.8, 4) is 0 Å². The van der Waals surface area contributed by atoms with Gasteiger partial charge >= 0.3 is 0 Å². The fourth-order valence-electron chi connectivity index (χ4n) is 3.64. The predicted octanol–water partition coefficient (Wildman–Crippen LogP) is 2.73. The fourth-order valence-corrected chi connectivity index (χ4v) is 5.10. The third kappa shape index (κ3) is 6.31. The first-order chi connectivity index (χ1) is 15.3. The van der Waals surface area contributed by atoms with Crippen LogP contribution in [0.2, 0.25) is 0 Å². The lowest BCUT2D eigenvalue weighted by atomic mass is 10.2. The molecule has 1 saturated heterocycles. The van der Waals surface area contributed by atoms with Crippen molar-refractivity contribution in [1.82, 2.24) is 10.2 Å². The average Bonchev–Trinajstić information content (AvgIpc) is 2.79. The molecule has 1 N–H and O–H groups in total. The van der Waals surface area contributed by atoms with E-state index < -0.39 is 10.0 Å². The van der Waals surface area contributed by atoms with Gasteiger partial charge in [-0.05, 0) is 45.0 Å². The van der Waals surface area contributed by atoms with Gasteiger partial charge in [-0.25, -0.2) is 8.42 Å². The first-order valence-electron chi connectivity index (χ1n) is 11.0. The minimum Gasteiger partial charge on any atom is -0.379 e. The Balaban J connectivity index is 1.68. The summed E-state index contributed by atoms with van der Waals surface area (Å²) in [5.41, 5.74) is 2.57. The van der Waals surface area contributed by atoms with E-state index in [0.717, 1.165) is 24.2 Å². The number of aryl methyl sites for hydroxylation is 2. The minimum atomic E-state index is -3.80. The van der Waals surface area contributed by atoms with E-state index in [1.54, 1.807) is 36.4 Å². The zero-order valence-electron chi connectivity index (χ0n) is 19.1. The molecule has 2 aromatic rings. The molecular weight excluding hydrogens is 426 g/mol. The Morgan fingerprint density at radius 1 is 1.03 bits per heavy atom. The van der Waals surface area contributed by atoms with E-state index in [1.165, 1.54) is 4.31 Å². The monoisotopic (exact) mass is 459 g/mol. The summed E-state index contributed by atoms with van der Waals surface area (Å²) in [6.45, 7) is 9.65. The van der Waals surface area contributed by atoms with Crippen LogP contribution in [0, 0.1) is 13.8 Å². The molecule has 2 aromatic carbocycles. The van der Waals surface area contributed by atoms with Gasteiger partial charge in [0.2, 0.25) is 5.91 Å². The Bertz CT molecular complexity index is 985. The topological polar surface area (TPSA) is 79.0 Å². The van der Waals surface area contributed by atoms with Gasteiger partial charge in [0.25, 0.3) is 10.0 Å². The van der Waals surface area contributed by atoms with Gasteiger partial charge in [-0.1, -0.05) is 35.4 Å². The first kappa shape index (κ1) is 24.2. The molecule has 8 heteroatoms. The molecule has 1 aliphatic rings. The summed E-state index contributed by atoms with van der Waals surface area (Å²) in [4.78, 5) is 15.0. The number of nitrogens with one attached hydrogen (secondary N) is 1. The number of benzene rings is 2. The van der Waals surface area contributed by atoms with Crippen LogP contribution in [0.1, 0.15) is 24.5 Å². The van der Waals surface area contributed by atoms with Crippen LogP contribution in [0.5, 0.6) is 0 Å². The Morgan fingerprint density at radius 2 is 1.59 bits per heavy atom. The van der Waals surface area contributed by atoms with Crippen LogP contribution < -0.4 is 9.62 Å². The quantitative estimate of drug-likeness (QED) is 0.624. The highest BCUT2D eigenvalue weighted by Crippen LogP contribution is 2.24. The molecule has 1 fully saturated rings. The van der Waals surface area contributed by atoms with Crippen LogP contribution in [0.25, 0.3) is 0 Å². The Morgan fingerprint density at radius 3 is 2.19 bits per heavy atom. The van der Waals surface area contributed by atoms with Crippen molar-refractivity contribution in [3.05, 3.63) is 59.7 Å². The summed E-state index contributed by atoms with van der Waals surface area (Å²) >= 11 is 0. The Kier molecular flexibility index (Phi) is 8.28. The molecule has 3 rings (SSSR count). The number of anilines is 1. The molecule has 1 aliphatic heterocycles. The molecule has 1 amide bonds. The molecule has 1 atom stereocenters. The van der Waals surface area contributed by atoms with Gasteiger partial charge in [0.05, 0.1) is 23.8 Å². The summed E-state index contributed by atoms with van der Waals surface area (Å²) in [6.07, 6.45) is 0.0782. The summed E-state index contributed by atoms with van der Waals surface area (Å²) in [5.74, 6) is -0.165. The molecule has 1 heterocycles. The van der Waals surface area contributed by atoms with Crippen LogP contribution in [0.3, 0.4) is 0 Å². The molecule has 1 unspecified atom stereocenters. The van der Waals surface area contributed by atoms with E-state index in [1.807, 2.05) is 26.0 Å². The van der Waals surface area contributed by atoms with Gasteiger partial charge in [-0.2, -0.15) is 0 Å². The van der Waals surface area contributed by atoms with Crippen molar-refractivity contribution in [2.45, 2.75) is 38.1 Å². The summed E-state index contributed by atoms with van der Waals surface area (Å²) in [7, 11) is -3.80. The summed E-state index contributed by atoms with van der Waals surface area (Å²) < 4.78 is 33.5. The molecule has 0 aliphatic carbocycles. The SMILES string of the molecule is Cc1ccc(N(CCC(=O)NCC(C)N2CCOCC2)S(=O)(=O)c2ccc(C)cc2)cc1. The van der Waals surface area contributed by atoms with E-state index in [9.17, 15) is 13.2 Å². The molecule has 0 spiro atoms. The third-order valence-electron chi connectivity index (χ3n) is 5.74. The van der Waals surface area contributed by atoms with E-state index in [4.69, 9.17) is 4.74 Å². The number of nitrogens with zero attached hydrogens (tertiary/aromatic N) is 2. The zero-order valence-corrected chi connectivity index (χ0v) is 19.9. The van der Waals surface area contributed by atoms with Crippen molar-refractivity contribution in [1.29, 1.82) is 0 Å². The predicted molar refractivity (Wildman–Crippen MR) is 126 cm³/mol. The van der Waals surface area contributed by atoms with Gasteiger partial charge in [-0.15, -0.1) is 0 Å². The molecule has 174 valence electrons. The highest BCUT2D eigenvalue weighted by atomic mass is 32.2. The van der Waals surface area contributed by atoms with Gasteiger partial charge in [0, 0.05) is 38.6 Å². The summed E-state index contributed by atoms with van der Waals surface area (Å²) in [6, 6.07) is 14.3. The lowest BCUT2D eigenvalue weighted by Gasteiger charge is -2.32. The number of amides is 1. The van der Waals surface area contributed by atoms with Crippen molar-refractivity contribution in [3.63, 3.8) is 0 Å². The number of carbonyl (C=O) groups excluding carboxylic acids is 1. The first-order valence-corrected chi connectivity index (χ1v) is 12.5. The van der Waals surface area contributed by atoms with E-state index in [-0.39, 0.29) is 29.8 Å². The zero-order chi connectivity index (χ0) is 23.1. The largest absolute Gasteiger partial charge is 0.379 e. The van der Waals surface area contributed by atoms with E-state index in [2.05, 4.69) is 17.1 Å². The second kappa shape index (κ2) is 10.9. The average molecular weight is 460 g/mol. The smallest absolute Gasteiger partial charge is 0.264 e. The molecular formula is C24H33N3O4S. The van der Waals surface area contributed by atoms with Crippen molar-refractivity contribution in [2.24, 2.45) is 0 Å². The number of hydrogen-bond donors (Lipinski definition) is 1. The van der Waals surface area contributed by atoms with Crippen LogP contribution in [-0.4, -0.2) is 64.7 Å². The lowest BCUT2D eigenvalue weighted by molar-refractivity contribution is -0.121. The number of rotatable bonds is 9. The second-order valence-corrected chi connectivity index (χ2v) is 10.1. The maximum absolute atomic E-state index is 13.4. The highest BCUT2D eigenvalue weighted by Gasteiger charge is 2.26. The molecule has 0 radical (unpaired) electrons. The fraction of sp³-hybridized carbons (Fsp3) is 0.458. The molecule has 0 aromatic heterocycles. The molecule has 0 saturated carbocycles. The van der Waals surface area contributed by atoms with Gasteiger partial charge < -0.3 is 10.1 Å². The highest BCUT2D eigenvalue weighted by molar-refractivity contribution is 7.92. The van der Waals surface area contributed by atoms with Gasteiger partial charge in [0.15, 0.2) is 0 Å². The van der Waals surface area contributed by atoms with Gasteiger partial charge in [-0.3, -0.25) is 14.0 Å². The van der Waals surface area contributed by atoms with Crippen LogP contribution in [0.4, 0.5) is 5.69 Å². The number of ether oxygens (including phenoxy) is 1. The van der Waals surface area contributed by atoms with Crippen LogP contribution >= 0.6 is 0 Å².